The van der Waals surface area contributed by atoms with Gasteiger partial charge in [0.1, 0.15) is 5.75 Å². The summed E-state index contributed by atoms with van der Waals surface area (Å²) in [5.41, 5.74) is 3.70. The number of hydrogen-bond donors (Lipinski definition) is 3. The summed E-state index contributed by atoms with van der Waals surface area (Å²) in [6.45, 7) is 3.67. The lowest BCUT2D eigenvalue weighted by Crippen LogP contribution is -2.26. The maximum atomic E-state index is 13.4. The fourth-order valence-electron chi connectivity index (χ4n) is 3.71. The third kappa shape index (κ3) is 5.01. The molecule has 0 atom stereocenters. The molecule has 1 heterocycles. The van der Waals surface area contributed by atoms with Crippen LogP contribution in [0.25, 0.3) is 6.08 Å². The average Bonchev–Trinajstić information content (AvgIpc) is 3.10. The van der Waals surface area contributed by atoms with Crippen LogP contribution in [-0.4, -0.2) is 27.8 Å². The van der Waals surface area contributed by atoms with Crippen LogP contribution in [0.2, 0.25) is 0 Å². The Bertz CT molecular complexity index is 1500. The van der Waals surface area contributed by atoms with E-state index in [1.807, 2.05) is 13.8 Å². The van der Waals surface area contributed by atoms with Crippen molar-refractivity contribution in [3.63, 3.8) is 0 Å². The van der Waals surface area contributed by atoms with Gasteiger partial charge in [0.05, 0.1) is 16.9 Å². The number of anilines is 3. The van der Waals surface area contributed by atoms with Crippen molar-refractivity contribution in [3.8, 4) is 5.75 Å². The van der Waals surface area contributed by atoms with Crippen LogP contribution in [0.3, 0.4) is 0 Å². The molecule has 0 saturated carbocycles. The van der Waals surface area contributed by atoms with Crippen LogP contribution < -0.4 is 10.3 Å². The quantitative estimate of drug-likeness (QED) is 0.170. The number of aryl methyl sites for hydroxylation is 2. The number of hydrogen-bond acceptors (Lipinski definition) is 5. The van der Waals surface area contributed by atoms with E-state index in [1.165, 1.54) is 12.1 Å². The van der Waals surface area contributed by atoms with Crippen LogP contribution in [0.1, 0.15) is 27.8 Å². The largest absolute Gasteiger partial charge is 0.506 e. The number of nitrogens with zero attached hydrogens (tertiary/aromatic N) is 2. The molecular weight excluding hydrogens is 494 g/mol. The first kappa shape index (κ1) is 25.4. The number of carboxylic acid groups (broad SMARTS) is 1. The molecule has 0 fully saturated rings. The molecule has 1 aliphatic rings. The molecule has 3 N–H and O–H groups in total. The van der Waals surface area contributed by atoms with Crippen molar-refractivity contribution in [2.45, 2.75) is 20.0 Å². The first-order valence-electron chi connectivity index (χ1n) is 10.8. The number of aromatic hydroxyl groups is 1. The zero-order valence-electron chi connectivity index (χ0n) is 19.4. The highest BCUT2D eigenvalue weighted by Crippen LogP contribution is 2.40. The van der Waals surface area contributed by atoms with Crippen molar-refractivity contribution >= 4 is 40.7 Å². The summed E-state index contributed by atoms with van der Waals surface area (Å²) in [5, 5.41) is 22.9. The average molecular weight is 513 g/mol. The normalized spacial score (nSPS) is 14.8. The van der Waals surface area contributed by atoms with E-state index in [4.69, 9.17) is 5.11 Å². The molecule has 0 bridgehead atoms. The molecule has 0 unspecified atom stereocenters. The molecule has 7 nitrogen and oxygen atoms in total. The minimum absolute atomic E-state index is 0.00233. The number of nitrogens with one attached hydrogen (secondary N) is 1. The standard InChI is InChI=1S/C26H19F4N3O4/c1-13-3-6-17(9-14(13)2)33-21-12-16(26(28,29)30)5-7-18(21)23(24(33)35)32-31-20-8-4-15(11-22(20)34)10-19(27)25(36)37/h3-12,31,34H,1-2H3,(H,36,37). The fraction of sp³-hybridized carbons (Fsp3) is 0.115. The molecule has 1 aliphatic heterocycles. The van der Waals surface area contributed by atoms with Gasteiger partial charge in [-0.25, -0.2) is 4.79 Å². The molecule has 0 aliphatic carbocycles. The molecule has 0 spiro atoms. The smallest absolute Gasteiger partial charge is 0.416 e. The number of alkyl halides is 3. The van der Waals surface area contributed by atoms with E-state index in [0.29, 0.717) is 11.8 Å². The molecule has 3 aromatic carbocycles. The van der Waals surface area contributed by atoms with Crippen LogP contribution in [0, 0.1) is 13.8 Å². The Balaban J connectivity index is 1.75. The number of amides is 1. The maximum absolute atomic E-state index is 13.4. The Morgan fingerprint density at radius 3 is 2.38 bits per heavy atom. The summed E-state index contributed by atoms with van der Waals surface area (Å²) in [6, 6.07) is 11.6. The number of carbonyl (C=O) groups excluding carboxylic acids is 1. The molecule has 0 aromatic heterocycles. The van der Waals surface area contributed by atoms with Gasteiger partial charge in [-0.1, -0.05) is 12.1 Å². The van der Waals surface area contributed by atoms with Gasteiger partial charge in [-0.15, -0.1) is 0 Å². The molecule has 37 heavy (non-hydrogen) atoms. The fourth-order valence-corrected chi connectivity index (χ4v) is 3.71. The minimum atomic E-state index is -4.63. The molecule has 3 aromatic rings. The number of fused-ring (bicyclic) bond motifs is 1. The van der Waals surface area contributed by atoms with Gasteiger partial charge in [0.15, 0.2) is 5.71 Å². The summed E-state index contributed by atoms with van der Waals surface area (Å²) in [7, 11) is 0. The molecule has 1 amide bonds. The van der Waals surface area contributed by atoms with E-state index in [0.717, 1.165) is 40.3 Å². The molecule has 0 saturated heterocycles. The predicted octanol–water partition coefficient (Wildman–Crippen LogP) is 5.92. The maximum Gasteiger partial charge on any atom is 0.416 e. The van der Waals surface area contributed by atoms with Crippen molar-refractivity contribution in [1.29, 1.82) is 0 Å². The van der Waals surface area contributed by atoms with Gasteiger partial charge in [0, 0.05) is 11.3 Å². The Labute approximate surface area is 208 Å². The second-order valence-corrected chi connectivity index (χ2v) is 8.29. The first-order valence-corrected chi connectivity index (χ1v) is 10.8. The molecule has 11 heteroatoms. The first-order chi connectivity index (χ1) is 17.4. The van der Waals surface area contributed by atoms with E-state index in [9.17, 15) is 32.3 Å². The lowest BCUT2D eigenvalue weighted by Gasteiger charge is -2.19. The zero-order chi connectivity index (χ0) is 27.1. The SMILES string of the molecule is Cc1ccc(N2C(=O)C(=NNc3ccc(C=C(F)C(=O)O)cc3O)c3ccc(C(F)(F)F)cc32)cc1C. The Kier molecular flexibility index (Phi) is 6.47. The van der Waals surface area contributed by atoms with Crippen molar-refractivity contribution < 1.29 is 37.4 Å². The third-order valence-electron chi connectivity index (χ3n) is 5.78. The highest BCUT2D eigenvalue weighted by atomic mass is 19.4. The van der Waals surface area contributed by atoms with Crippen molar-refractivity contribution in [2.24, 2.45) is 5.10 Å². The van der Waals surface area contributed by atoms with Crippen LogP contribution in [-0.2, 0) is 15.8 Å². The highest BCUT2D eigenvalue weighted by molar-refractivity contribution is 6.55. The van der Waals surface area contributed by atoms with Gasteiger partial charge in [-0.05, 0) is 79.1 Å². The summed E-state index contributed by atoms with van der Waals surface area (Å²) >= 11 is 0. The minimum Gasteiger partial charge on any atom is -0.506 e. The number of benzene rings is 3. The third-order valence-corrected chi connectivity index (χ3v) is 5.78. The highest BCUT2D eigenvalue weighted by Gasteiger charge is 2.39. The van der Waals surface area contributed by atoms with Crippen LogP contribution >= 0.6 is 0 Å². The van der Waals surface area contributed by atoms with Gasteiger partial charge in [0.25, 0.3) is 5.91 Å². The van der Waals surface area contributed by atoms with Crippen LogP contribution in [0.15, 0.2) is 65.5 Å². The summed E-state index contributed by atoms with van der Waals surface area (Å²) < 4.78 is 53.6. The monoisotopic (exact) mass is 513 g/mol. The van der Waals surface area contributed by atoms with Crippen molar-refractivity contribution in [3.05, 3.63) is 88.2 Å². The molecular formula is C26H19F4N3O4. The lowest BCUT2D eigenvalue weighted by molar-refractivity contribution is -0.137. The molecule has 190 valence electrons. The number of carboxylic acids is 1. The number of phenolic OH excluding ortho intramolecular Hbond substituents is 1. The van der Waals surface area contributed by atoms with E-state index in [-0.39, 0.29) is 28.2 Å². The van der Waals surface area contributed by atoms with Crippen molar-refractivity contribution in [2.75, 3.05) is 10.3 Å². The summed E-state index contributed by atoms with van der Waals surface area (Å²) in [6.07, 6.45) is -3.93. The van der Waals surface area contributed by atoms with E-state index in [1.54, 1.807) is 18.2 Å². The van der Waals surface area contributed by atoms with E-state index < -0.39 is 35.2 Å². The zero-order valence-corrected chi connectivity index (χ0v) is 19.4. The number of hydrazone groups is 1. The Morgan fingerprint density at radius 1 is 1.03 bits per heavy atom. The Hall–Kier alpha value is -4.67. The molecule has 0 radical (unpaired) electrons. The second kappa shape index (κ2) is 9.41. The lowest BCUT2D eigenvalue weighted by atomic mass is 10.1. The summed E-state index contributed by atoms with van der Waals surface area (Å²) in [5.74, 6) is -4.32. The van der Waals surface area contributed by atoms with Gasteiger partial charge in [-0.2, -0.15) is 22.7 Å². The number of carbonyl (C=O) groups is 2. The van der Waals surface area contributed by atoms with Gasteiger partial charge in [-0.3, -0.25) is 15.1 Å². The summed E-state index contributed by atoms with van der Waals surface area (Å²) in [4.78, 5) is 25.2. The number of aliphatic carboxylic acids is 1. The number of phenols is 1. The topological polar surface area (TPSA) is 102 Å². The van der Waals surface area contributed by atoms with Gasteiger partial charge < -0.3 is 10.2 Å². The van der Waals surface area contributed by atoms with Crippen LogP contribution in [0.4, 0.5) is 34.6 Å². The van der Waals surface area contributed by atoms with Gasteiger partial charge in [0.2, 0.25) is 5.83 Å². The number of halogens is 4. The van der Waals surface area contributed by atoms with Crippen LogP contribution in [0.5, 0.6) is 5.75 Å². The van der Waals surface area contributed by atoms with E-state index >= 15 is 0 Å². The Morgan fingerprint density at radius 2 is 1.76 bits per heavy atom. The molecule has 4 rings (SSSR count). The van der Waals surface area contributed by atoms with E-state index in [2.05, 4.69) is 10.5 Å². The second-order valence-electron chi connectivity index (χ2n) is 8.29. The van der Waals surface area contributed by atoms with Gasteiger partial charge >= 0.3 is 12.1 Å². The number of rotatable bonds is 5. The predicted molar refractivity (Wildman–Crippen MR) is 129 cm³/mol. The van der Waals surface area contributed by atoms with Crippen molar-refractivity contribution in [1.82, 2.24) is 0 Å².